The molecule has 0 atom stereocenters. The van der Waals surface area contributed by atoms with Gasteiger partial charge in [-0.1, -0.05) is 0 Å². The van der Waals surface area contributed by atoms with E-state index in [1.165, 1.54) is 0 Å². The lowest BCUT2D eigenvalue weighted by Crippen LogP contribution is -2.14. The molecule has 0 radical (unpaired) electrons. The predicted molar refractivity (Wildman–Crippen MR) is 55.6 cm³/mol. The summed E-state index contributed by atoms with van der Waals surface area (Å²) in [6, 6.07) is 0. The lowest BCUT2D eigenvalue weighted by molar-refractivity contribution is -0.133. The molecule has 2 aliphatic heterocycles. The fourth-order valence-corrected chi connectivity index (χ4v) is 2.01. The van der Waals surface area contributed by atoms with Crippen LogP contribution in [0, 0.1) is 0 Å². The van der Waals surface area contributed by atoms with Gasteiger partial charge in [0.1, 0.15) is 0 Å². The lowest BCUT2D eigenvalue weighted by atomic mass is 10.1. The molecule has 0 aliphatic carbocycles. The Labute approximate surface area is 96.8 Å². The number of aryl methyl sites for hydroxylation is 1. The molecular formula is C11H10N2O4. The van der Waals surface area contributed by atoms with Gasteiger partial charge in [-0.05, 0) is 19.3 Å². The second-order valence-electron chi connectivity index (χ2n) is 3.94. The second kappa shape index (κ2) is 3.73. The zero-order chi connectivity index (χ0) is 11.8. The molecule has 0 saturated heterocycles. The van der Waals surface area contributed by atoms with E-state index in [0.29, 0.717) is 0 Å². The molecule has 3 heterocycles. The molecule has 6 nitrogen and oxygen atoms in total. The number of hydrogen-bond acceptors (Lipinski definition) is 5. The van der Waals surface area contributed by atoms with Crippen molar-refractivity contribution in [1.82, 2.24) is 9.78 Å². The van der Waals surface area contributed by atoms with Crippen LogP contribution in [0.4, 0.5) is 0 Å². The van der Waals surface area contributed by atoms with Gasteiger partial charge in [0.2, 0.25) is 5.75 Å². The van der Waals surface area contributed by atoms with E-state index in [1.54, 1.807) is 4.68 Å². The number of aromatic nitrogens is 2. The molecular weight excluding hydrogens is 224 g/mol. The number of hydrogen-bond donors (Lipinski definition) is 0. The van der Waals surface area contributed by atoms with Crippen molar-refractivity contribution in [3.8, 4) is 11.6 Å². The first-order valence-electron chi connectivity index (χ1n) is 5.45. The summed E-state index contributed by atoms with van der Waals surface area (Å²) in [6.07, 6.45) is 4.89. The number of carbonyl (C=O) groups excluding carboxylic acids is 2. The van der Waals surface area contributed by atoms with Crippen LogP contribution in [0.2, 0.25) is 0 Å². The monoisotopic (exact) mass is 234 g/mol. The van der Waals surface area contributed by atoms with E-state index in [1.807, 2.05) is 0 Å². The molecule has 0 aromatic carbocycles. The van der Waals surface area contributed by atoms with Crippen molar-refractivity contribution in [1.29, 1.82) is 0 Å². The summed E-state index contributed by atoms with van der Waals surface area (Å²) in [6.45, 7) is 0.755. The maximum Gasteiger partial charge on any atom is 0.337 e. The highest BCUT2D eigenvalue weighted by Gasteiger charge is 2.27. The van der Waals surface area contributed by atoms with Crippen LogP contribution in [-0.4, -0.2) is 21.7 Å². The zero-order valence-electron chi connectivity index (χ0n) is 9.01. The van der Waals surface area contributed by atoms with E-state index >= 15 is 0 Å². The van der Waals surface area contributed by atoms with Gasteiger partial charge in [-0.25, -0.2) is 9.59 Å². The molecule has 88 valence electrons. The molecule has 0 amide bonds. The van der Waals surface area contributed by atoms with E-state index < -0.39 is 11.9 Å². The molecule has 0 N–H and O–H groups in total. The van der Waals surface area contributed by atoms with Crippen LogP contribution in [-0.2, 0) is 22.6 Å². The molecule has 17 heavy (non-hydrogen) atoms. The van der Waals surface area contributed by atoms with Crippen molar-refractivity contribution in [3.63, 3.8) is 0 Å². The Balaban J connectivity index is 2.08. The molecule has 1 aromatic rings. The molecule has 0 saturated carbocycles. The van der Waals surface area contributed by atoms with Crippen LogP contribution in [0.25, 0.3) is 0 Å². The van der Waals surface area contributed by atoms with Gasteiger partial charge < -0.3 is 9.47 Å². The topological polar surface area (TPSA) is 70.4 Å². The van der Waals surface area contributed by atoms with Gasteiger partial charge in [-0.3, -0.25) is 4.68 Å². The Bertz CT molecular complexity index is 530. The molecule has 0 bridgehead atoms. The highest BCUT2D eigenvalue weighted by atomic mass is 16.6. The van der Waals surface area contributed by atoms with Crippen molar-refractivity contribution in [2.45, 2.75) is 25.8 Å². The normalized spacial score (nSPS) is 20.5. The third-order valence-corrected chi connectivity index (χ3v) is 2.77. The quantitative estimate of drug-likeness (QED) is 0.615. The number of rotatable bonds is 0. The van der Waals surface area contributed by atoms with Gasteiger partial charge in [0.05, 0.1) is 5.69 Å². The van der Waals surface area contributed by atoms with Crippen molar-refractivity contribution in [3.05, 3.63) is 17.8 Å². The van der Waals surface area contributed by atoms with Crippen LogP contribution in [0.15, 0.2) is 12.2 Å². The fourth-order valence-electron chi connectivity index (χ4n) is 2.01. The Morgan fingerprint density at radius 2 is 1.88 bits per heavy atom. The van der Waals surface area contributed by atoms with Gasteiger partial charge in [0.25, 0.3) is 5.88 Å². The minimum Gasteiger partial charge on any atom is -0.416 e. The lowest BCUT2D eigenvalue weighted by Gasteiger charge is -2.13. The van der Waals surface area contributed by atoms with E-state index in [9.17, 15) is 9.59 Å². The van der Waals surface area contributed by atoms with E-state index in [-0.39, 0.29) is 11.6 Å². The third-order valence-electron chi connectivity index (χ3n) is 2.77. The van der Waals surface area contributed by atoms with Crippen molar-refractivity contribution >= 4 is 11.9 Å². The Morgan fingerprint density at radius 3 is 2.71 bits per heavy atom. The standard InChI is InChI=1S/C11H10N2O4/c14-8-4-5-9(15)17-11-10(16-8)7-3-1-2-6-13(7)12-11/h4-5H,1-3,6H2/b5-4-. The fraction of sp³-hybridized carbons (Fsp3) is 0.364. The molecule has 0 spiro atoms. The predicted octanol–water partition coefficient (Wildman–Crippen LogP) is 0.600. The molecule has 3 rings (SSSR count). The number of carbonyl (C=O) groups is 2. The van der Waals surface area contributed by atoms with Crippen molar-refractivity contribution < 1.29 is 19.1 Å². The number of ether oxygens (including phenoxy) is 2. The zero-order valence-corrected chi connectivity index (χ0v) is 9.01. The Kier molecular flexibility index (Phi) is 2.21. The average molecular weight is 234 g/mol. The molecule has 0 unspecified atom stereocenters. The third kappa shape index (κ3) is 1.71. The van der Waals surface area contributed by atoms with Crippen LogP contribution in [0.3, 0.4) is 0 Å². The molecule has 6 heteroatoms. The molecule has 1 aromatic heterocycles. The minimum atomic E-state index is -0.613. The van der Waals surface area contributed by atoms with Crippen LogP contribution >= 0.6 is 0 Å². The maximum absolute atomic E-state index is 11.4. The first-order chi connectivity index (χ1) is 8.24. The van der Waals surface area contributed by atoms with E-state index in [4.69, 9.17) is 9.47 Å². The minimum absolute atomic E-state index is 0.0876. The number of esters is 2. The van der Waals surface area contributed by atoms with Crippen LogP contribution < -0.4 is 9.47 Å². The van der Waals surface area contributed by atoms with Gasteiger partial charge in [0.15, 0.2) is 0 Å². The summed E-state index contributed by atoms with van der Waals surface area (Å²) in [5.74, 6) is -0.820. The van der Waals surface area contributed by atoms with Crippen molar-refractivity contribution in [2.24, 2.45) is 0 Å². The average Bonchev–Trinajstić information content (AvgIpc) is 2.63. The molecule has 2 aliphatic rings. The van der Waals surface area contributed by atoms with Crippen LogP contribution in [0.5, 0.6) is 11.6 Å². The smallest absolute Gasteiger partial charge is 0.337 e. The first-order valence-corrected chi connectivity index (χ1v) is 5.45. The SMILES string of the molecule is O=C1/C=C\C(=O)Oc2c(nn3c2CCCC3)O1. The van der Waals surface area contributed by atoms with E-state index in [0.717, 1.165) is 43.7 Å². The van der Waals surface area contributed by atoms with Gasteiger partial charge >= 0.3 is 11.9 Å². The molecule has 0 fully saturated rings. The summed E-state index contributed by atoms with van der Waals surface area (Å²) in [5, 5.41) is 4.14. The largest absolute Gasteiger partial charge is 0.416 e. The van der Waals surface area contributed by atoms with E-state index in [2.05, 4.69) is 5.10 Å². The van der Waals surface area contributed by atoms with Gasteiger partial charge in [-0.2, -0.15) is 0 Å². The second-order valence-corrected chi connectivity index (χ2v) is 3.94. The summed E-state index contributed by atoms with van der Waals surface area (Å²) < 4.78 is 11.9. The van der Waals surface area contributed by atoms with Crippen molar-refractivity contribution in [2.75, 3.05) is 0 Å². The number of nitrogens with zero attached hydrogens (tertiary/aromatic N) is 2. The van der Waals surface area contributed by atoms with Crippen LogP contribution in [0.1, 0.15) is 18.5 Å². The van der Waals surface area contributed by atoms with Gasteiger partial charge in [-0.15, -0.1) is 5.10 Å². The van der Waals surface area contributed by atoms with Gasteiger partial charge in [0, 0.05) is 18.7 Å². The summed E-state index contributed by atoms with van der Waals surface area (Å²) >= 11 is 0. The summed E-state index contributed by atoms with van der Waals surface area (Å²) in [4.78, 5) is 22.7. The number of fused-ring (bicyclic) bond motifs is 3. The maximum atomic E-state index is 11.4. The summed E-state index contributed by atoms with van der Waals surface area (Å²) in [7, 11) is 0. The first kappa shape index (κ1) is 10.1. The highest BCUT2D eigenvalue weighted by Crippen LogP contribution is 2.35. The summed E-state index contributed by atoms with van der Waals surface area (Å²) in [5.41, 5.74) is 0.822. The Morgan fingerprint density at radius 1 is 1.12 bits per heavy atom. The Hall–Kier alpha value is -2.11. The highest BCUT2D eigenvalue weighted by molar-refractivity contribution is 5.95.